The molecular formula is C28H34ClF3N4O2. The number of amides is 2. The maximum Gasteiger partial charge on any atom is 0.404 e. The number of piperazine rings is 1. The lowest BCUT2D eigenvalue weighted by Crippen LogP contribution is -2.50. The maximum atomic E-state index is 13.8. The van der Waals surface area contributed by atoms with E-state index >= 15 is 0 Å². The average molecular weight is 551 g/mol. The number of carbonyl (C=O) groups excluding carboxylic acids is 2. The monoisotopic (exact) mass is 550 g/mol. The van der Waals surface area contributed by atoms with Gasteiger partial charge in [0.2, 0.25) is 5.91 Å². The lowest BCUT2D eigenvalue weighted by Gasteiger charge is -2.40. The summed E-state index contributed by atoms with van der Waals surface area (Å²) >= 11 is 6.38. The first kappa shape index (κ1) is 28.2. The van der Waals surface area contributed by atoms with E-state index in [1.165, 1.54) is 34.1 Å². The predicted molar refractivity (Wildman–Crippen MR) is 143 cm³/mol. The van der Waals surface area contributed by atoms with Gasteiger partial charge in [-0.15, -0.1) is 0 Å². The van der Waals surface area contributed by atoms with Crippen molar-refractivity contribution in [2.75, 3.05) is 64.8 Å². The molecule has 0 aromatic heterocycles. The zero-order chi connectivity index (χ0) is 27.4. The number of alkyl halides is 3. The van der Waals surface area contributed by atoms with Crippen molar-refractivity contribution in [2.24, 2.45) is 5.92 Å². The number of hydrogen-bond donors (Lipinski definition) is 0. The van der Waals surface area contributed by atoms with Gasteiger partial charge in [-0.2, -0.15) is 13.2 Å². The molecule has 2 amide bonds. The number of hydrogen-bond acceptors (Lipinski definition) is 4. The van der Waals surface area contributed by atoms with Crippen LogP contribution in [0.2, 0.25) is 5.02 Å². The molecule has 0 bridgehead atoms. The van der Waals surface area contributed by atoms with E-state index in [4.69, 9.17) is 11.6 Å². The van der Waals surface area contributed by atoms with Gasteiger partial charge < -0.3 is 14.7 Å². The van der Waals surface area contributed by atoms with Crippen LogP contribution in [0, 0.1) is 5.92 Å². The molecule has 10 heteroatoms. The normalized spacial score (nSPS) is 18.4. The molecule has 0 spiro atoms. The lowest BCUT2D eigenvalue weighted by molar-refractivity contribution is -0.173. The van der Waals surface area contributed by atoms with Crippen molar-refractivity contribution >= 4 is 29.1 Å². The van der Waals surface area contributed by atoms with Crippen LogP contribution >= 0.6 is 11.6 Å². The Balaban J connectivity index is 1.27. The number of rotatable bonds is 6. The van der Waals surface area contributed by atoms with Crippen LogP contribution in [0.25, 0.3) is 0 Å². The number of carbonyl (C=O) groups is 2. The molecule has 38 heavy (non-hydrogen) atoms. The number of halogens is 4. The highest BCUT2D eigenvalue weighted by atomic mass is 35.5. The van der Waals surface area contributed by atoms with E-state index in [0.717, 1.165) is 38.4 Å². The van der Waals surface area contributed by atoms with Crippen LogP contribution < -0.4 is 4.90 Å². The fraction of sp³-hybridized carbons (Fsp3) is 0.500. The first-order valence-corrected chi connectivity index (χ1v) is 13.3. The summed E-state index contributed by atoms with van der Waals surface area (Å²) < 4.78 is 41.3. The van der Waals surface area contributed by atoms with E-state index < -0.39 is 18.0 Å². The SMILES string of the molecule is CN(C)C(=O)c1ccc(N2CCN(CC3CCN(C(=O)C(c4ccccc4)C(F)(F)F)CC3)CC2)cc1Cl. The van der Waals surface area contributed by atoms with E-state index in [0.29, 0.717) is 42.4 Å². The van der Waals surface area contributed by atoms with E-state index in [2.05, 4.69) is 9.80 Å². The van der Waals surface area contributed by atoms with Gasteiger partial charge >= 0.3 is 6.18 Å². The summed E-state index contributed by atoms with van der Waals surface area (Å²) in [7, 11) is 3.38. The smallest absolute Gasteiger partial charge is 0.369 e. The third kappa shape index (κ3) is 6.61. The molecule has 206 valence electrons. The molecular weight excluding hydrogens is 517 g/mol. The Morgan fingerprint density at radius 3 is 2.16 bits per heavy atom. The second kappa shape index (κ2) is 11.9. The summed E-state index contributed by atoms with van der Waals surface area (Å²) in [4.78, 5) is 32.6. The molecule has 4 rings (SSSR count). The van der Waals surface area contributed by atoms with Gasteiger partial charge in [-0.1, -0.05) is 41.9 Å². The highest BCUT2D eigenvalue weighted by Crippen LogP contribution is 2.37. The third-order valence-electron chi connectivity index (χ3n) is 7.48. The highest BCUT2D eigenvalue weighted by Gasteiger charge is 2.48. The molecule has 2 aliphatic heterocycles. The summed E-state index contributed by atoms with van der Waals surface area (Å²) in [6, 6.07) is 13.0. The Kier molecular flexibility index (Phi) is 8.88. The Morgan fingerprint density at radius 2 is 1.61 bits per heavy atom. The number of anilines is 1. The van der Waals surface area contributed by atoms with Crippen LogP contribution in [0.3, 0.4) is 0 Å². The fourth-order valence-corrected chi connectivity index (χ4v) is 5.56. The lowest BCUT2D eigenvalue weighted by atomic mass is 9.92. The van der Waals surface area contributed by atoms with Gasteiger partial charge in [-0.05, 0) is 42.5 Å². The van der Waals surface area contributed by atoms with Crippen molar-refractivity contribution in [3.63, 3.8) is 0 Å². The molecule has 1 unspecified atom stereocenters. The number of piperidine rings is 1. The Morgan fingerprint density at radius 1 is 0.974 bits per heavy atom. The van der Waals surface area contributed by atoms with Gasteiger partial charge in [0.05, 0.1) is 10.6 Å². The molecule has 0 N–H and O–H groups in total. The minimum absolute atomic E-state index is 0.00905. The summed E-state index contributed by atoms with van der Waals surface area (Å²) in [5, 5.41) is 0.435. The first-order valence-electron chi connectivity index (χ1n) is 12.9. The van der Waals surface area contributed by atoms with Crippen LogP contribution in [0.4, 0.5) is 18.9 Å². The Labute approximate surface area is 226 Å². The molecule has 2 saturated heterocycles. The van der Waals surface area contributed by atoms with Gasteiger partial charge in [-0.25, -0.2) is 0 Å². The number of likely N-dealkylation sites (tertiary alicyclic amines) is 1. The van der Waals surface area contributed by atoms with E-state index in [-0.39, 0.29) is 11.5 Å². The highest BCUT2D eigenvalue weighted by molar-refractivity contribution is 6.34. The predicted octanol–water partition coefficient (Wildman–Crippen LogP) is 4.75. The molecule has 0 aliphatic carbocycles. The van der Waals surface area contributed by atoms with Crippen molar-refractivity contribution in [3.8, 4) is 0 Å². The van der Waals surface area contributed by atoms with Crippen molar-refractivity contribution in [2.45, 2.75) is 24.9 Å². The van der Waals surface area contributed by atoms with Crippen LogP contribution in [-0.4, -0.2) is 92.6 Å². The number of nitrogens with zero attached hydrogens (tertiary/aromatic N) is 4. The van der Waals surface area contributed by atoms with Gasteiger partial charge in [0.25, 0.3) is 5.91 Å². The molecule has 0 radical (unpaired) electrons. The summed E-state index contributed by atoms with van der Waals surface area (Å²) in [5.74, 6) is -2.75. The topological polar surface area (TPSA) is 47.1 Å². The average Bonchev–Trinajstić information content (AvgIpc) is 2.89. The second-order valence-electron chi connectivity index (χ2n) is 10.3. The van der Waals surface area contributed by atoms with Gasteiger partial charge in [0, 0.05) is 65.6 Å². The second-order valence-corrected chi connectivity index (χ2v) is 10.7. The minimum Gasteiger partial charge on any atom is -0.369 e. The Bertz CT molecular complexity index is 1110. The van der Waals surface area contributed by atoms with Crippen molar-refractivity contribution in [3.05, 3.63) is 64.7 Å². The quantitative estimate of drug-likeness (QED) is 0.521. The Hall–Kier alpha value is -2.78. The molecule has 2 aliphatic rings. The molecule has 1 atom stereocenters. The molecule has 2 fully saturated rings. The van der Waals surface area contributed by atoms with E-state index in [1.54, 1.807) is 26.2 Å². The molecule has 2 heterocycles. The van der Waals surface area contributed by atoms with Gasteiger partial charge in [0.15, 0.2) is 5.92 Å². The molecule has 6 nitrogen and oxygen atoms in total. The van der Waals surface area contributed by atoms with Crippen LogP contribution in [0.1, 0.15) is 34.7 Å². The van der Waals surface area contributed by atoms with Gasteiger partial charge in [-0.3, -0.25) is 14.5 Å². The molecule has 2 aromatic rings. The van der Waals surface area contributed by atoms with Crippen LogP contribution in [0.15, 0.2) is 48.5 Å². The van der Waals surface area contributed by atoms with E-state index in [9.17, 15) is 22.8 Å². The van der Waals surface area contributed by atoms with Crippen molar-refractivity contribution in [1.82, 2.24) is 14.7 Å². The number of benzene rings is 2. The maximum absolute atomic E-state index is 13.8. The fourth-order valence-electron chi connectivity index (χ4n) is 5.30. The van der Waals surface area contributed by atoms with Gasteiger partial charge in [0.1, 0.15) is 0 Å². The summed E-state index contributed by atoms with van der Waals surface area (Å²) in [6.07, 6.45) is -3.23. The minimum atomic E-state index is -4.62. The summed E-state index contributed by atoms with van der Waals surface area (Å²) in [6.45, 7) is 4.92. The zero-order valence-electron chi connectivity index (χ0n) is 21.8. The standard InChI is InChI=1S/C28H34ClF3N4O2/c1-33(2)26(37)23-9-8-22(18-24(23)29)35-16-14-34(15-17-35)19-20-10-12-36(13-11-20)27(38)25(28(30,31)32)21-6-4-3-5-7-21/h3-9,18,20,25H,10-17,19H2,1-2H3. The van der Waals surface area contributed by atoms with Crippen molar-refractivity contribution in [1.29, 1.82) is 0 Å². The molecule has 0 saturated carbocycles. The first-order chi connectivity index (χ1) is 18.0. The largest absolute Gasteiger partial charge is 0.404 e. The zero-order valence-corrected chi connectivity index (χ0v) is 22.5. The van der Waals surface area contributed by atoms with Crippen LogP contribution in [0.5, 0.6) is 0 Å². The molecule has 2 aromatic carbocycles. The van der Waals surface area contributed by atoms with Crippen LogP contribution in [-0.2, 0) is 4.79 Å². The third-order valence-corrected chi connectivity index (χ3v) is 7.79. The summed E-state index contributed by atoms with van der Waals surface area (Å²) in [5.41, 5.74) is 1.45. The van der Waals surface area contributed by atoms with Crippen molar-refractivity contribution < 1.29 is 22.8 Å². The van der Waals surface area contributed by atoms with E-state index in [1.807, 2.05) is 12.1 Å².